The van der Waals surface area contributed by atoms with Crippen LogP contribution < -0.4 is 5.32 Å². The standard InChI is InChI=1S/C17H35N3O2S/c1-15(21)14-16(17(22)18-10-9-11-19(2)3)20(4)12-7-5-6-8-13-23/h16,23H,5-14H2,1-4H3,(H,18,22)/t16-/m1/s1. The van der Waals surface area contributed by atoms with Crippen LogP contribution in [0.1, 0.15) is 45.4 Å². The molecular formula is C17H35N3O2S. The number of hydrogen-bond donors (Lipinski definition) is 2. The highest BCUT2D eigenvalue weighted by Crippen LogP contribution is 2.08. The first-order chi connectivity index (χ1) is 10.9. The van der Waals surface area contributed by atoms with Gasteiger partial charge in [-0.1, -0.05) is 12.8 Å². The molecule has 136 valence electrons. The molecule has 1 N–H and O–H groups in total. The molecule has 0 rings (SSSR count). The lowest BCUT2D eigenvalue weighted by molar-refractivity contribution is -0.129. The summed E-state index contributed by atoms with van der Waals surface area (Å²) in [5, 5.41) is 2.97. The second kappa shape index (κ2) is 13.8. The second-order valence-electron chi connectivity index (χ2n) is 6.49. The van der Waals surface area contributed by atoms with E-state index >= 15 is 0 Å². The monoisotopic (exact) mass is 345 g/mol. The van der Waals surface area contributed by atoms with Gasteiger partial charge in [-0.15, -0.1) is 0 Å². The molecule has 0 radical (unpaired) electrons. The predicted molar refractivity (Wildman–Crippen MR) is 100 cm³/mol. The first kappa shape index (κ1) is 22.4. The van der Waals surface area contributed by atoms with Crippen molar-refractivity contribution >= 4 is 24.3 Å². The van der Waals surface area contributed by atoms with Crippen molar-refractivity contribution in [2.45, 2.75) is 51.5 Å². The Kier molecular flexibility index (Phi) is 13.5. The number of unbranched alkanes of at least 4 members (excludes halogenated alkanes) is 3. The zero-order valence-electron chi connectivity index (χ0n) is 15.3. The van der Waals surface area contributed by atoms with Gasteiger partial charge in [0.15, 0.2) is 0 Å². The average Bonchev–Trinajstić information content (AvgIpc) is 2.48. The minimum atomic E-state index is -0.350. The number of carbonyl (C=O) groups is 2. The van der Waals surface area contributed by atoms with Crippen LogP contribution in [0.25, 0.3) is 0 Å². The molecule has 0 aliphatic rings. The summed E-state index contributed by atoms with van der Waals surface area (Å²) in [6.07, 6.45) is 5.70. The Labute approximate surface area is 147 Å². The van der Waals surface area contributed by atoms with Gasteiger partial charge in [0.1, 0.15) is 5.78 Å². The van der Waals surface area contributed by atoms with E-state index in [-0.39, 0.29) is 24.2 Å². The van der Waals surface area contributed by atoms with Gasteiger partial charge in [-0.05, 0) is 66.2 Å². The average molecular weight is 346 g/mol. The SMILES string of the molecule is CC(=O)C[C@H](C(=O)NCCCN(C)C)N(C)CCCCCCS. The molecule has 0 fully saturated rings. The Morgan fingerprint density at radius 3 is 2.22 bits per heavy atom. The Bertz CT molecular complexity index is 338. The maximum absolute atomic E-state index is 12.4. The quantitative estimate of drug-likeness (QED) is 0.372. The van der Waals surface area contributed by atoms with Gasteiger partial charge >= 0.3 is 0 Å². The minimum absolute atomic E-state index is 0.0307. The second-order valence-corrected chi connectivity index (χ2v) is 6.94. The van der Waals surface area contributed by atoms with Crippen molar-refractivity contribution in [2.24, 2.45) is 0 Å². The van der Waals surface area contributed by atoms with Crippen LogP contribution in [0.2, 0.25) is 0 Å². The number of ketones is 1. The number of thiol groups is 1. The molecule has 1 amide bonds. The van der Waals surface area contributed by atoms with E-state index in [1.165, 1.54) is 6.42 Å². The largest absolute Gasteiger partial charge is 0.355 e. The van der Waals surface area contributed by atoms with Gasteiger partial charge in [0.25, 0.3) is 0 Å². The van der Waals surface area contributed by atoms with E-state index < -0.39 is 0 Å². The van der Waals surface area contributed by atoms with Crippen molar-refractivity contribution in [1.82, 2.24) is 15.1 Å². The zero-order chi connectivity index (χ0) is 17.7. The molecule has 0 spiro atoms. The van der Waals surface area contributed by atoms with Crippen LogP contribution in [0.15, 0.2) is 0 Å². The van der Waals surface area contributed by atoms with Crippen LogP contribution in [0.5, 0.6) is 0 Å². The lowest BCUT2D eigenvalue weighted by atomic mass is 10.1. The summed E-state index contributed by atoms with van der Waals surface area (Å²) < 4.78 is 0. The molecule has 6 heteroatoms. The number of rotatable bonds is 14. The Balaban J connectivity index is 4.25. The lowest BCUT2D eigenvalue weighted by Gasteiger charge is -2.26. The number of hydrogen-bond acceptors (Lipinski definition) is 5. The Morgan fingerprint density at radius 1 is 1.00 bits per heavy atom. The topological polar surface area (TPSA) is 52.7 Å². The number of amides is 1. The van der Waals surface area contributed by atoms with Crippen molar-refractivity contribution in [3.05, 3.63) is 0 Å². The molecule has 0 aromatic heterocycles. The number of likely N-dealkylation sites (N-methyl/N-ethyl adjacent to an activating group) is 1. The predicted octanol–water partition coefficient (Wildman–Crippen LogP) is 1.82. The van der Waals surface area contributed by atoms with E-state index in [9.17, 15) is 9.59 Å². The Morgan fingerprint density at radius 2 is 1.65 bits per heavy atom. The molecular weight excluding hydrogens is 310 g/mol. The van der Waals surface area contributed by atoms with Crippen molar-refractivity contribution in [2.75, 3.05) is 46.5 Å². The fourth-order valence-corrected chi connectivity index (χ4v) is 2.65. The summed E-state index contributed by atoms with van der Waals surface area (Å²) in [5.74, 6) is 0.954. The van der Waals surface area contributed by atoms with Crippen LogP contribution in [0, 0.1) is 0 Å². The molecule has 0 unspecified atom stereocenters. The molecule has 0 heterocycles. The van der Waals surface area contributed by atoms with Crippen LogP contribution in [0.4, 0.5) is 0 Å². The number of nitrogens with zero attached hydrogens (tertiary/aromatic N) is 2. The summed E-state index contributed by atoms with van der Waals surface area (Å²) in [7, 11) is 5.97. The summed E-state index contributed by atoms with van der Waals surface area (Å²) >= 11 is 4.21. The van der Waals surface area contributed by atoms with Crippen LogP contribution in [-0.4, -0.2) is 74.1 Å². The van der Waals surface area contributed by atoms with Gasteiger partial charge in [-0.25, -0.2) is 0 Å². The molecule has 5 nitrogen and oxygen atoms in total. The van der Waals surface area contributed by atoms with Gasteiger partial charge < -0.3 is 10.2 Å². The molecule has 0 bridgehead atoms. The fourth-order valence-electron chi connectivity index (χ4n) is 2.43. The van der Waals surface area contributed by atoms with Gasteiger partial charge in [-0.3, -0.25) is 14.5 Å². The van der Waals surface area contributed by atoms with Crippen LogP contribution in [0.3, 0.4) is 0 Å². The molecule has 1 atom stereocenters. The van der Waals surface area contributed by atoms with E-state index in [1.54, 1.807) is 6.92 Å². The minimum Gasteiger partial charge on any atom is -0.355 e. The fraction of sp³-hybridized carbons (Fsp3) is 0.882. The maximum atomic E-state index is 12.4. The van der Waals surface area contributed by atoms with E-state index in [4.69, 9.17) is 0 Å². The summed E-state index contributed by atoms with van der Waals surface area (Å²) in [6.45, 7) is 3.99. The maximum Gasteiger partial charge on any atom is 0.237 e. The third kappa shape index (κ3) is 12.5. The third-order valence-electron chi connectivity index (χ3n) is 3.82. The smallest absolute Gasteiger partial charge is 0.237 e. The lowest BCUT2D eigenvalue weighted by Crippen LogP contribution is -2.47. The molecule has 0 aromatic carbocycles. The highest BCUT2D eigenvalue weighted by atomic mass is 32.1. The summed E-state index contributed by atoms with van der Waals surface area (Å²) in [4.78, 5) is 28.0. The van der Waals surface area contributed by atoms with Crippen LogP contribution >= 0.6 is 12.6 Å². The van der Waals surface area contributed by atoms with Crippen molar-refractivity contribution in [3.63, 3.8) is 0 Å². The summed E-state index contributed by atoms with van der Waals surface area (Å²) in [6, 6.07) is -0.350. The van der Waals surface area contributed by atoms with Gasteiger partial charge in [-0.2, -0.15) is 12.6 Å². The zero-order valence-corrected chi connectivity index (χ0v) is 16.2. The highest BCUT2D eigenvalue weighted by molar-refractivity contribution is 7.80. The molecule has 0 aromatic rings. The molecule has 0 aliphatic heterocycles. The van der Waals surface area contributed by atoms with E-state index in [0.29, 0.717) is 6.54 Å². The van der Waals surface area contributed by atoms with Crippen LogP contribution in [-0.2, 0) is 9.59 Å². The van der Waals surface area contributed by atoms with Gasteiger partial charge in [0.2, 0.25) is 5.91 Å². The van der Waals surface area contributed by atoms with E-state index in [1.807, 2.05) is 26.0 Å². The molecule has 0 aliphatic carbocycles. The first-order valence-electron chi connectivity index (χ1n) is 8.61. The van der Waals surface area contributed by atoms with Gasteiger partial charge in [0, 0.05) is 13.0 Å². The third-order valence-corrected chi connectivity index (χ3v) is 4.13. The molecule has 0 saturated carbocycles. The van der Waals surface area contributed by atoms with Crippen molar-refractivity contribution < 1.29 is 9.59 Å². The van der Waals surface area contributed by atoms with Gasteiger partial charge in [0.05, 0.1) is 6.04 Å². The molecule has 0 saturated heterocycles. The number of nitrogens with one attached hydrogen (secondary N) is 1. The highest BCUT2D eigenvalue weighted by Gasteiger charge is 2.24. The normalized spacial score (nSPS) is 12.7. The molecule has 23 heavy (non-hydrogen) atoms. The summed E-state index contributed by atoms with van der Waals surface area (Å²) in [5.41, 5.74) is 0. The Hall–Kier alpha value is -0.590. The number of Topliss-reactive ketones (excluding diaryl/α,β-unsaturated/α-hetero) is 1. The van der Waals surface area contributed by atoms with Crippen molar-refractivity contribution in [3.8, 4) is 0 Å². The van der Waals surface area contributed by atoms with Crippen molar-refractivity contribution in [1.29, 1.82) is 0 Å². The van der Waals surface area contributed by atoms with E-state index in [0.717, 1.165) is 44.5 Å². The first-order valence-corrected chi connectivity index (χ1v) is 9.24. The van der Waals surface area contributed by atoms with E-state index in [2.05, 4.69) is 22.8 Å². The number of carbonyl (C=O) groups excluding carboxylic acids is 2.